The largest absolute Gasteiger partial charge is 0.467 e. The smallest absolute Gasteiger partial charge is 0.239 e. The second-order valence-electron chi connectivity index (χ2n) is 6.45. The van der Waals surface area contributed by atoms with E-state index >= 15 is 0 Å². The predicted molar refractivity (Wildman–Crippen MR) is 106 cm³/mol. The van der Waals surface area contributed by atoms with Crippen LogP contribution in [0.5, 0.6) is 5.75 Å². The zero-order valence-corrected chi connectivity index (χ0v) is 16.9. The maximum Gasteiger partial charge on any atom is 0.239 e. The Labute approximate surface area is 170 Å². The van der Waals surface area contributed by atoms with E-state index in [1.54, 1.807) is 12.1 Å². The molecule has 28 heavy (non-hydrogen) atoms. The zero-order chi connectivity index (χ0) is 19.5. The molecule has 0 radical (unpaired) electrons. The topological polar surface area (TPSA) is 74.5 Å². The Hall–Kier alpha value is -2.22. The van der Waals surface area contributed by atoms with Gasteiger partial charge in [-0.25, -0.2) is 0 Å². The van der Waals surface area contributed by atoms with Crippen molar-refractivity contribution in [1.82, 2.24) is 10.1 Å². The highest BCUT2D eigenvalue weighted by Crippen LogP contribution is 2.32. The Balaban J connectivity index is 1.46. The molecule has 8 heteroatoms. The van der Waals surface area contributed by atoms with E-state index in [0.717, 1.165) is 23.1 Å². The van der Waals surface area contributed by atoms with Crippen LogP contribution in [0, 0.1) is 0 Å². The SMILES string of the molecule is CCc1ccc(-c2noc(C[S@](=O)Cc3cc(Cl)cc4c3OCOC4)n2)cc1. The number of hydrogen-bond acceptors (Lipinski definition) is 6. The molecule has 0 saturated heterocycles. The van der Waals surface area contributed by atoms with Gasteiger partial charge in [-0.3, -0.25) is 4.21 Å². The molecule has 0 spiro atoms. The fourth-order valence-electron chi connectivity index (χ4n) is 3.05. The van der Waals surface area contributed by atoms with E-state index in [1.165, 1.54) is 5.56 Å². The maximum atomic E-state index is 12.7. The van der Waals surface area contributed by atoms with Gasteiger partial charge >= 0.3 is 0 Å². The highest BCUT2D eigenvalue weighted by Gasteiger charge is 2.19. The number of hydrogen-bond donors (Lipinski definition) is 0. The molecule has 0 unspecified atom stereocenters. The molecule has 3 aromatic rings. The molecule has 1 aliphatic heterocycles. The first-order chi connectivity index (χ1) is 13.6. The minimum absolute atomic E-state index is 0.165. The fourth-order valence-corrected chi connectivity index (χ4v) is 4.37. The van der Waals surface area contributed by atoms with Crippen molar-refractivity contribution in [3.8, 4) is 17.1 Å². The summed E-state index contributed by atoms with van der Waals surface area (Å²) >= 11 is 6.17. The molecule has 4 rings (SSSR count). The number of rotatable bonds is 6. The number of nitrogens with zero attached hydrogens (tertiary/aromatic N) is 2. The molecule has 0 amide bonds. The average molecular weight is 419 g/mol. The Morgan fingerprint density at radius 1 is 1.18 bits per heavy atom. The molecule has 1 atom stereocenters. The number of aryl methyl sites for hydroxylation is 1. The Kier molecular flexibility index (Phi) is 5.75. The summed E-state index contributed by atoms with van der Waals surface area (Å²) < 4.78 is 28.8. The Morgan fingerprint density at radius 2 is 2.00 bits per heavy atom. The molecule has 0 saturated carbocycles. The van der Waals surface area contributed by atoms with Gasteiger partial charge in [-0.05, 0) is 24.1 Å². The quantitative estimate of drug-likeness (QED) is 0.595. The van der Waals surface area contributed by atoms with Crippen LogP contribution < -0.4 is 4.74 Å². The van der Waals surface area contributed by atoms with Gasteiger partial charge in [-0.15, -0.1) is 0 Å². The second kappa shape index (κ2) is 8.43. The van der Waals surface area contributed by atoms with Crippen LogP contribution in [0.2, 0.25) is 5.02 Å². The number of halogens is 1. The van der Waals surface area contributed by atoms with Crippen LogP contribution in [0.3, 0.4) is 0 Å². The zero-order valence-electron chi connectivity index (χ0n) is 15.3. The van der Waals surface area contributed by atoms with E-state index in [9.17, 15) is 4.21 Å². The summed E-state index contributed by atoms with van der Waals surface area (Å²) in [5.74, 6) is 1.98. The fraction of sp³-hybridized carbons (Fsp3) is 0.300. The normalized spacial score (nSPS) is 14.4. The van der Waals surface area contributed by atoms with Crippen LogP contribution >= 0.6 is 11.6 Å². The first-order valence-corrected chi connectivity index (χ1v) is 10.8. The van der Waals surface area contributed by atoms with Crippen molar-refractivity contribution in [2.24, 2.45) is 0 Å². The van der Waals surface area contributed by atoms with Crippen molar-refractivity contribution in [2.75, 3.05) is 6.79 Å². The lowest BCUT2D eigenvalue weighted by Gasteiger charge is -2.20. The first-order valence-electron chi connectivity index (χ1n) is 8.91. The molecular formula is C20H19ClN2O4S. The summed E-state index contributed by atoms with van der Waals surface area (Å²) in [6.45, 7) is 2.71. The van der Waals surface area contributed by atoms with Crippen molar-refractivity contribution in [2.45, 2.75) is 31.5 Å². The van der Waals surface area contributed by atoms with E-state index in [1.807, 2.05) is 24.3 Å². The molecule has 2 aromatic carbocycles. The van der Waals surface area contributed by atoms with E-state index in [-0.39, 0.29) is 18.3 Å². The third kappa shape index (κ3) is 4.27. The van der Waals surface area contributed by atoms with Crippen LogP contribution in [0.1, 0.15) is 29.5 Å². The lowest BCUT2D eigenvalue weighted by molar-refractivity contribution is -0.0169. The molecule has 2 heterocycles. The lowest BCUT2D eigenvalue weighted by Crippen LogP contribution is -2.14. The summed E-state index contributed by atoms with van der Waals surface area (Å²) in [7, 11) is -1.25. The highest BCUT2D eigenvalue weighted by molar-refractivity contribution is 7.83. The minimum atomic E-state index is -1.25. The van der Waals surface area contributed by atoms with Gasteiger partial charge in [-0.1, -0.05) is 47.9 Å². The van der Waals surface area contributed by atoms with Gasteiger partial charge in [0.2, 0.25) is 11.7 Å². The summed E-state index contributed by atoms with van der Waals surface area (Å²) in [5, 5.41) is 4.57. The van der Waals surface area contributed by atoms with Crippen LogP contribution in [0.25, 0.3) is 11.4 Å². The molecule has 1 aliphatic rings. The minimum Gasteiger partial charge on any atom is -0.467 e. The maximum absolute atomic E-state index is 12.7. The van der Waals surface area contributed by atoms with E-state index in [4.69, 9.17) is 25.6 Å². The molecular weight excluding hydrogens is 400 g/mol. The van der Waals surface area contributed by atoms with Gasteiger partial charge < -0.3 is 14.0 Å². The summed E-state index contributed by atoms with van der Waals surface area (Å²) in [5.41, 5.74) is 3.77. The standard InChI is InChI=1S/C20H19ClN2O4S/c1-2-13-3-5-14(6-4-13)20-22-18(27-23-20)11-28(24)10-16-8-17(21)7-15-9-25-12-26-19(15)16/h3-8H,2,9-12H2,1H3/t28-/m1/s1. The summed E-state index contributed by atoms with van der Waals surface area (Å²) in [6.07, 6.45) is 0.972. The van der Waals surface area contributed by atoms with Gasteiger partial charge in [0.1, 0.15) is 11.5 Å². The molecule has 0 N–H and O–H groups in total. The van der Waals surface area contributed by atoms with E-state index in [0.29, 0.717) is 29.1 Å². The van der Waals surface area contributed by atoms with Crippen LogP contribution in [0.15, 0.2) is 40.9 Å². The molecule has 0 bridgehead atoms. The van der Waals surface area contributed by atoms with Gasteiger partial charge in [0.05, 0.1) is 12.4 Å². The monoisotopic (exact) mass is 418 g/mol. The van der Waals surface area contributed by atoms with Crippen molar-refractivity contribution in [3.63, 3.8) is 0 Å². The number of aromatic nitrogens is 2. The highest BCUT2D eigenvalue weighted by atomic mass is 35.5. The van der Waals surface area contributed by atoms with Crippen molar-refractivity contribution >= 4 is 22.4 Å². The Bertz CT molecular complexity index is 1000. The van der Waals surface area contributed by atoms with Gasteiger partial charge in [0.25, 0.3) is 0 Å². The van der Waals surface area contributed by atoms with Gasteiger partial charge in [-0.2, -0.15) is 4.98 Å². The number of ether oxygens (including phenoxy) is 2. The van der Waals surface area contributed by atoms with E-state index in [2.05, 4.69) is 17.1 Å². The van der Waals surface area contributed by atoms with Gasteiger partial charge in [0.15, 0.2) is 6.79 Å². The van der Waals surface area contributed by atoms with Gasteiger partial charge in [0, 0.05) is 32.5 Å². The molecule has 0 fully saturated rings. The summed E-state index contributed by atoms with van der Waals surface area (Å²) in [4.78, 5) is 4.37. The first kappa shape index (κ1) is 19.1. The number of fused-ring (bicyclic) bond motifs is 1. The molecule has 1 aromatic heterocycles. The molecule has 6 nitrogen and oxygen atoms in total. The van der Waals surface area contributed by atoms with E-state index < -0.39 is 10.8 Å². The molecule has 146 valence electrons. The van der Waals surface area contributed by atoms with Crippen LogP contribution in [0.4, 0.5) is 0 Å². The second-order valence-corrected chi connectivity index (χ2v) is 8.35. The predicted octanol–water partition coefficient (Wildman–Crippen LogP) is 4.27. The third-order valence-corrected chi connectivity index (χ3v) is 5.86. The third-order valence-electron chi connectivity index (χ3n) is 4.44. The van der Waals surface area contributed by atoms with Crippen LogP contribution in [-0.4, -0.2) is 21.1 Å². The van der Waals surface area contributed by atoms with Crippen molar-refractivity contribution < 1.29 is 18.2 Å². The lowest BCUT2D eigenvalue weighted by atomic mass is 10.1. The molecule has 0 aliphatic carbocycles. The van der Waals surface area contributed by atoms with Crippen molar-refractivity contribution in [3.05, 3.63) is 64.0 Å². The summed E-state index contributed by atoms with van der Waals surface area (Å²) in [6, 6.07) is 11.6. The van der Waals surface area contributed by atoms with Crippen LogP contribution in [-0.2, 0) is 40.1 Å². The average Bonchev–Trinajstić information content (AvgIpc) is 3.16. The Morgan fingerprint density at radius 3 is 2.79 bits per heavy atom. The van der Waals surface area contributed by atoms with Crippen molar-refractivity contribution in [1.29, 1.82) is 0 Å². The number of benzene rings is 2.